The van der Waals surface area contributed by atoms with E-state index in [0.29, 0.717) is 24.0 Å². The van der Waals surface area contributed by atoms with Gasteiger partial charge in [0.1, 0.15) is 0 Å². The van der Waals surface area contributed by atoms with Crippen LogP contribution in [-0.2, 0) is 0 Å². The Bertz CT molecular complexity index is 490. The molecule has 0 saturated heterocycles. The molecule has 1 aliphatic rings. The number of hydrogen-bond acceptors (Lipinski definition) is 5. The quantitative estimate of drug-likeness (QED) is 0.691. The molecule has 0 bridgehead atoms. The fourth-order valence-electron chi connectivity index (χ4n) is 1.59. The predicted octanol–water partition coefficient (Wildman–Crippen LogP) is 0.896. The lowest BCUT2D eigenvalue weighted by Crippen LogP contribution is -2.27. The molecule has 0 aromatic carbocycles. The first-order chi connectivity index (χ1) is 7.61. The van der Waals surface area contributed by atoms with Crippen LogP contribution in [-0.4, -0.2) is 22.2 Å². The Morgan fingerprint density at radius 1 is 1.56 bits per heavy atom. The molecule has 1 aliphatic heterocycles. The van der Waals surface area contributed by atoms with Crippen molar-refractivity contribution in [1.29, 1.82) is 0 Å². The molecule has 0 spiro atoms. The summed E-state index contributed by atoms with van der Waals surface area (Å²) in [5, 5.41) is 3.07. The lowest BCUT2D eigenvalue weighted by molar-refractivity contribution is 0.730. The number of H-pyrrole nitrogens is 1. The molecule has 6 nitrogen and oxygen atoms in total. The molecule has 16 heavy (non-hydrogen) atoms. The molecule has 0 amide bonds. The Morgan fingerprint density at radius 2 is 2.31 bits per heavy atom. The molecule has 1 unspecified atom stereocenters. The van der Waals surface area contributed by atoms with Crippen molar-refractivity contribution in [2.75, 3.05) is 17.6 Å². The fourth-order valence-corrected chi connectivity index (χ4v) is 1.59. The maximum absolute atomic E-state index is 11.6. The third-order valence-electron chi connectivity index (χ3n) is 2.79. The summed E-state index contributed by atoms with van der Waals surface area (Å²) in [5.74, 6) is 0.935. The van der Waals surface area contributed by atoms with Gasteiger partial charge < -0.3 is 11.1 Å². The molecule has 4 N–H and O–H groups in total. The summed E-state index contributed by atoms with van der Waals surface area (Å²) in [6.45, 7) is 4.80. The van der Waals surface area contributed by atoms with Crippen LogP contribution in [0.2, 0.25) is 0 Å². The van der Waals surface area contributed by atoms with E-state index in [0.717, 1.165) is 12.1 Å². The van der Waals surface area contributed by atoms with Crippen molar-refractivity contribution in [2.45, 2.75) is 20.3 Å². The number of rotatable bonds is 2. The summed E-state index contributed by atoms with van der Waals surface area (Å²) in [6.07, 6.45) is 0.996. The zero-order valence-corrected chi connectivity index (χ0v) is 9.37. The van der Waals surface area contributed by atoms with Crippen molar-refractivity contribution in [2.24, 2.45) is 10.9 Å². The molecule has 1 atom stereocenters. The average molecular weight is 221 g/mol. The maximum Gasteiger partial charge on any atom is 0.280 e. The topological polar surface area (TPSA) is 96.2 Å². The Kier molecular flexibility index (Phi) is 2.64. The zero-order valence-electron chi connectivity index (χ0n) is 9.37. The number of aromatic amines is 1. The van der Waals surface area contributed by atoms with Crippen molar-refractivity contribution in [3.05, 3.63) is 10.4 Å². The van der Waals surface area contributed by atoms with Crippen LogP contribution < -0.4 is 16.6 Å². The second-order valence-electron chi connectivity index (χ2n) is 3.91. The van der Waals surface area contributed by atoms with Crippen LogP contribution in [0.25, 0.3) is 0 Å². The highest BCUT2D eigenvalue weighted by molar-refractivity contribution is 5.95. The SMILES string of the molecule is CCC(C)C1=Nc2c(nc(N)[nH]c2=O)NC1. The van der Waals surface area contributed by atoms with Gasteiger partial charge in [-0.3, -0.25) is 9.78 Å². The van der Waals surface area contributed by atoms with E-state index in [9.17, 15) is 4.79 Å². The first-order valence-corrected chi connectivity index (χ1v) is 5.33. The van der Waals surface area contributed by atoms with Crippen molar-refractivity contribution in [1.82, 2.24) is 9.97 Å². The van der Waals surface area contributed by atoms with Gasteiger partial charge in [0, 0.05) is 5.71 Å². The minimum atomic E-state index is -0.296. The van der Waals surface area contributed by atoms with E-state index in [1.54, 1.807) is 0 Å². The number of nitrogens with one attached hydrogen (secondary N) is 2. The molecular formula is C10H15N5O. The van der Waals surface area contributed by atoms with Crippen LogP contribution in [0, 0.1) is 5.92 Å². The standard InChI is InChI=1S/C10H15N5O/c1-3-5(2)6-4-12-8-7(13-6)9(16)15-10(11)14-8/h5H,3-4H2,1-2H3,(H4,11,12,14,15,16). The predicted molar refractivity (Wildman–Crippen MR) is 64.3 cm³/mol. The molecule has 0 saturated carbocycles. The maximum atomic E-state index is 11.6. The first-order valence-electron chi connectivity index (χ1n) is 5.33. The number of nitrogens with two attached hydrogens (primary N) is 1. The number of anilines is 2. The summed E-state index contributed by atoms with van der Waals surface area (Å²) in [5.41, 5.74) is 6.46. The van der Waals surface area contributed by atoms with Crippen molar-refractivity contribution >= 4 is 23.2 Å². The molecule has 1 aromatic heterocycles. The van der Waals surface area contributed by atoms with E-state index >= 15 is 0 Å². The third kappa shape index (κ3) is 1.78. The Morgan fingerprint density at radius 3 is 3.00 bits per heavy atom. The van der Waals surface area contributed by atoms with E-state index in [-0.39, 0.29) is 11.5 Å². The van der Waals surface area contributed by atoms with E-state index in [4.69, 9.17) is 5.73 Å². The van der Waals surface area contributed by atoms with Crippen molar-refractivity contribution in [3.63, 3.8) is 0 Å². The largest absolute Gasteiger partial charge is 0.369 e. The van der Waals surface area contributed by atoms with Gasteiger partial charge in [0.05, 0.1) is 6.54 Å². The van der Waals surface area contributed by atoms with Gasteiger partial charge in [0.25, 0.3) is 5.56 Å². The van der Waals surface area contributed by atoms with Crippen LogP contribution in [0.5, 0.6) is 0 Å². The van der Waals surface area contributed by atoms with Gasteiger partial charge in [-0.25, -0.2) is 4.99 Å². The highest BCUT2D eigenvalue weighted by Crippen LogP contribution is 2.23. The minimum absolute atomic E-state index is 0.110. The van der Waals surface area contributed by atoms with Crippen molar-refractivity contribution < 1.29 is 0 Å². The summed E-state index contributed by atoms with van der Waals surface area (Å²) < 4.78 is 0. The minimum Gasteiger partial charge on any atom is -0.369 e. The van der Waals surface area contributed by atoms with Gasteiger partial charge in [-0.1, -0.05) is 13.8 Å². The van der Waals surface area contributed by atoms with E-state index in [1.807, 2.05) is 0 Å². The molecule has 0 aliphatic carbocycles. The lowest BCUT2D eigenvalue weighted by Gasteiger charge is -2.19. The molecule has 0 fully saturated rings. The van der Waals surface area contributed by atoms with E-state index < -0.39 is 0 Å². The zero-order chi connectivity index (χ0) is 11.7. The molecule has 2 heterocycles. The Hall–Kier alpha value is -1.85. The van der Waals surface area contributed by atoms with Crippen LogP contribution in [0.15, 0.2) is 9.79 Å². The van der Waals surface area contributed by atoms with E-state index in [2.05, 4.69) is 34.1 Å². The van der Waals surface area contributed by atoms with Crippen LogP contribution in [0.3, 0.4) is 0 Å². The fraction of sp³-hybridized carbons (Fsp3) is 0.500. The Balaban J connectivity index is 2.47. The second kappa shape index (κ2) is 3.96. The highest BCUT2D eigenvalue weighted by Gasteiger charge is 2.19. The molecule has 2 rings (SSSR count). The van der Waals surface area contributed by atoms with Gasteiger partial charge in [0.15, 0.2) is 11.5 Å². The molecular weight excluding hydrogens is 206 g/mol. The van der Waals surface area contributed by atoms with Crippen LogP contribution in [0.1, 0.15) is 20.3 Å². The summed E-state index contributed by atoms with van der Waals surface area (Å²) >= 11 is 0. The number of nitrogen functional groups attached to an aromatic ring is 1. The molecule has 6 heteroatoms. The van der Waals surface area contributed by atoms with Crippen molar-refractivity contribution in [3.8, 4) is 0 Å². The monoisotopic (exact) mass is 221 g/mol. The summed E-state index contributed by atoms with van der Waals surface area (Å²) in [6, 6.07) is 0. The van der Waals surface area contributed by atoms with Gasteiger partial charge in [-0.05, 0) is 12.3 Å². The van der Waals surface area contributed by atoms with Gasteiger partial charge in [-0.15, -0.1) is 0 Å². The summed E-state index contributed by atoms with van der Waals surface area (Å²) in [7, 11) is 0. The number of aromatic nitrogens is 2. The van der Waals surface area contributed by atoms with E-state index in [1.165, 1.54) is 0 Å². The number of nitrogens with zero attached hydrogens (tertiary/aromatic N) is 2. The molecule has 86 valence electrons. The number of hydrogen-bond donors (Lipinski definition) is 3. The average Bonchev–Trinajstić information content (AvgIpc) is 2.27. The normalized spacial score (nSPS) is 16.0. The second-order valence-corrected chi connectivity index (χ2v) is 3.91. The van der Waals surface area contributed by atoms with Crippen LogP contribution in [0.4, 0.5) is 17.5 Å². The molecule has 1 aromatic rings. The summed E-state index contributed by atoms with van der Waals surface area (Å²) in [4.78, 5) is 22.4. The molecule has 0 radical (unpaired) electrons. The van der Waals surface area contributed by atoms with Gasteiger partial charge in [-0.2, -0.15) is 4.98 Å². The smallest absolute Gasteiger partial charge is 0.280 e. The lowest BCUT2D eigenvalue weighted by atomic mass is 10.0. The third-order valence-corrected chi connectivity index (χ3v) is 2.79. The van der Waals surface area contributed by atoms with Gasteiger partial charge >= 0.3 is 0 Å². The Labute approximate surface area is 93.0 Å². The van der Waals surface area contributed by atoms with Gasteiger partial charge in [0.2, 0.25) is 5.95 Å². The van der Waals surface area contributed by atoms with Crippen LogP contribution >= 0.6 is 0 Å². The highest BCUT2D eigenvalue weighted by atomic mass is 16.1. The number of fused-ring (bicyclic) bond motifs is 1. The first kappa shape index (κ1) is 10.7. The number of aliphatic imine (C=N–C) groups is 1.